The third kappa shape index (κ3) is 4.41. The number of rotatable bonds is 6. The topological polar surface area (TPSA) is 59.8 Å². The molecule has 0 spiro atoms. The Morgan fingerprint density at radius 2 is 2.04 bits per heavy atom. The van der Waals surface area contributed by atoms with Crippen LogP contribution in [-0.2, 0) is 13.0 Å². The summed E-state index contributed by atoms with van der Waals surface area (Å²) < 4.78 is 1.77. The largest absolute Gasteiger partial charge is 0.343 e. The van der Waals surface area contributed by atoms with E-state index >= 15 is 0 Å². The van der Waals surface area contributed by atoms with Gasteiger partial charge in [-0.3, -0.25) is 14.5 Å². The molecule has 2 aromatic heterocycles. The zero-order chi connectivity index (χ0) is 17.0. The maximum Gasteiger partial charge on any atom is 0.270 e. The number of nitrogens with one attached hydrogen (secondary N) is 1. The Hall–Kier alpha value is -2.17. The summed E-state index contributed by atoms with van der Waals surface area (Å²) in [5.41, 5.74) is 3.39. The second-order valence-corrected chi connectivity index (χ2v) is 6.33. The van der Waals surface area contributed by atoms with Crippen molar-refractivity contribution < 1.29 is 4.79 Å². The standard InChI is InChI=1S/C18H26N4O/c1-6-22-17(11-15(21-22)10-12(2)3)18(23)20-14(5)16-9-7-8-13(4)19-16/h7-9,11-12,14H,6,10H2,1-5H3,(H,20,23). The van der Waals surface area contributed by atoms with E-state index < -0.39 is 0 Å². The summed E-state index contributed by atoms with van der Waals surface area (Å²) in [4.78, 5) is 17.1. The van der Waals surface area contributed by atoms with Crippen LogP contribution in [0.25, 0.3) is 0 Å². The van der Waals surface area contributed by atoms with Gasteiger partial charge in [-0.25, -0.2) is 0 Å². The highest BCUT2D eigenvalue weighted by Gasteiger charge is 2.18. The zero-order valence-corrected chi connectivity index (χ0v) is 14.6. The van der Waals surface area contributed by atoms with Gasteiger partial charge >= 0.3 is 0 Å². The third-order valence-corrected chi connectivity index (χ3v) is 3.68. The highest BCUT2D eigenvalue weighted by molar-refractivity contribution is 5.92. The quantitative estimate of drug-likeness (QED) is 0.890. The summed E-state index contributed by atoms with van der Waals surface area (Å²) in [6, 6.07) is 7.59. The van der Waals surface area contributed by atoms with Crippen LogP contribution >= 0.6 is 0 Å². The van der Waals surface area contributed by atoms with Gasteiger partial charge in [-0.2, -0.15) is 5.10 Å². The Labute approximate surface area is 138 Å². The first-order chi connectivity index (χ1) is 10.9. The van der Waals surface area contributed by atoms with Gasteiger partial charge in [0.05, 0.1) is 17.4 Å². The number of hydrogen-bond donors (Lipinski definition) is 1. The number of amides is 1. The number of aryl methyl sites for hydroxylation is 2. The predicted molar refractivity (Wildman–Crippen MR) is 91.3 cm³/mol. The molecule has 0 fully saturated rings. The van der Waals surface area contributed by atoms with Crippen LogP contribution in [0, 0.1) is 12.8 Å². The van der Waals surface area contributed by atoms with Crippen LogP contribution in [0.3, 0.4) is 0 Å². The van der Waals surface area contributed by atoms with Crippen LogP contribution in [0.5, 0.6) is 0 Å². The Kier molecular flexibility index (Phi) is 5.53. The van der Waals surface area contributed by atoms with E-state index in [1.54, 1.807) is 4.68 Å². The molecule has 124 valence electrons. The van der Waals surface area contributed by atoms with Crippen molar-refractivity contribution in [2.75, 3.05) is 0 Å². The molecule has 0 saturated heterocycles. The van der Waals surface area contributed by atoms with Crippen molar-refractivity contribution in [3.05, 3.63) is 47.0 Å². The maximum absolute atomic E-state index is 12.6. The molecule has 0 saturated carbocycles. The molecule has 5 heteroatoms. The number of carbonyl (C=O) groups excluding carboxylic acids is 1. The van der Waals surface area contributed by atoms with Gasteiger partial charge in [-0.05, 0) is 51.3 Å². The smallest absolute Gasteiger partial charge is 0.270 e. The first-order valence-electron chi connectivity index (χ1n) is 8.21. The Morgan fingerprint density at radius 1 is 1.30 bits per heavy atom. The molecule has 0 radical (unpaired) electrons. The van der Waals surface area contributed by atoms with Gasteiger partial charge in [0.2, 0.25) is 0 Å². The number of hydrogen-bond acceptors (Lipinski definition) is 3. The van der Waals surface area contributed by atoms with E-state index in [9.17, 15) is 4.79 Å². The average Bonchev–Trinajstić information content (AvgIpc) is 2.89. The van der Waals surface area contributed by atoms with Gasteiger partial charge < -0.3 is 5.32 Å². The summed E-state index contributed by atoms with van der Waals surface area (Å²) in [6.45, 7) is 10.9. The van der Waals surface area contributed by atoms with Crippen molar-refractivity contribution in [1.82, 2.24) is 20.1 Å². The van der Waals surface area contributed by atoms with E-state index in [4.69, 9.17) is 0 Å². The van der Waals surface area contributed by atoms with Crippen LogP contribution in [0.2, 0.25) is 0 Å². The average molecular weight is 314 g/mol. The minimum Gasteiger partial charge on any atom is -0.343 e. The van der Waals surface area contributed by atoms with Crippen molar-refractivity contribution in [2.24, 2.45) is 5.92 Å². The van der Waals surface area contributed by atoms with Crippen molar-refractivity contribution in [3.63, 3.8) is 0 Å². The van der Waals surface area contributed by atoms with Crippen LogP contribution in [0.1, 0.15) is 61.3 Å². The molecular weight excluding hydrogens is 288 g/mol. The second-order valence-electron chi connectivity index (χ2n) is 6.33. The molecule has 23 heavy (non-hydrogen) atoms. The lowest BCUT2D eigenvalue weighted by atomic mass is 10.1. The van der Waals surface area contributed by atoms with Gasteiger partial charge in [0, 0.05) is 12.2 Å². The van der Waals surface area contributed by atoms with Gasteiger partial charge in [-0.15, -0.1) is 0 Å². The predicted octanol–water partition coefficient (Wildman–Crippen LogP) is 3.30. The lowest BCUT2D eigenvalue weighted by Gasteiger charge is -2.14. The number of pyridine rings is 1. The van der Waals surface area contributed by atoms with Gasteiger partial charge in [0.15, 0.2) is 0 Å². The SMILES string of the molecule is CCn1nc(CC(C)C)cc1C(=O)NC(C)c1cccc(C)n1. The second kappa shape index (κ2) is 7.40. The fraction of sp³-hybridized carbons (Fsp3) is 0.500. The number of nitrogens with zero attached hydrogens (tertiary/aromatic N) is 3. The molecule has 0 bridgehead atoms. The molecule has 2 aromatic rings. The summed E-state index contributed by atoms with van der Waals surface area (Å²) in [5, 5.41) is 7.54. The van der Waals surface area contributed by atoms with Gasteiger partial charge in [-0.1, -0.05) is 19.9 Å². The molecule has 0 aromatic carbocycles. The summed E-state index contributed by atoms with van der Waals surface area (Å²) in [5.74, 6) is 0.409. The Morgan fingerprint density at radius 3 is 2.65 bits per heavy atom. The van der Waals surface area contributed by atoms with Crippen LogP contribution in [-0.4, -0.2) is 20.7 Å². The minimum atomic E-state index is -0.142. The molecular formula is C18H26N4O. The molecule has 2 rings (SSSR count). The van der Waals surface area contributed by atoms with E-state index in [-0.39, 0.29) is 11.9 Å². The molecule has 1 amide bonds. The van der Waals surface area contributed by atoms with Crippen molar-refractivity contribution in [3.8, 4) is 0 Å². The minimum absolute atomic E-state index is 0.106. The fourth-order valence-electron chi connectivity index (χ4n) is 2.56. The molecule has 2 heterocycles. The van der Waals surface area contributed by atoms with E-state index in [1.165, 1.54) is 0 Å². The normalized spacial score (nSPS) is 12.4. The summed E-state index contributed by atoms with van der Waals surface area (Å²) in [6.07, 6.45) is 0.877. The summed E-state index contributed by atoms with van der Waals surface area (Å²) in [7, 11) is 0. The highest BCUT2D eigenvalue weighted by Crippen LogP contribution is 2.14. The molecule has 0 aliphatic heterocycles. The van der Waals surface area contributed by atoms with Crippen LogP contribution in [0.15, 0.2) is 24.3 Å². The molecule has 5 nitrogen and oxygen atoms in total. The maximum atomic E-state index is 12.6. The fourth-order valence-corrected chi connectivity index (χ4v) is 2.56. The molecule has 1 N–H and O–H groups in total. The lowest BCUT2D eigenvalue weighted by molar-refractivity contribution is 0.0928. The molecule has 1 atom stereocenters. The lowest BCUT2D eigenvalue weighted by Crippen LogP contribution is -2.29. The molecule has 0 aliphatic rings. The summed E-state index contributed by atoms with van der Waals surface area (Å²) >= 11 is 0. The van der Waals surface area contributed by atoms with E-state index in [1.807, 2.05) is 45.0 Å². The monoisotopic (exact) mass is 314 g/mol. The first-order valence-corrected chi connectivity index (χ1v) is 8.21. The number of carbonyl (C=O) groups is 1. The van der Waals surface area contributed by atoms with Crippen molar-refractivity contribution >= 4 is 5.91 Å². The van der Waals surface area contributed by atoms with E-state index in [0.717, 1.165) is 23.5 Å². The third-order valence-electron chi connectivity index (χ3n) is 3.68. The Bertz CT molecular complexity index is 675. The highest BCUT2D eigenvalue weighted by atomic mass is 16.2. The Balaban J connectivity index is 2.15. The molecule has 1 unspecified atom stereocenters. The van der Waals surface area contributed by atoms with Crippen LogP contribution < -0.4 is 5.32 Å². The molecule has 0 aliphatic carbocycles. The van der Waals surface area contributed by atoms with Gasteiger partial charge in [0.25, 0.3) is 5.91 Å². The first kappa shape index (κ1) is 17.2. The number of aromatic nitrogens is 3. The van der Waals surface area contributed by atoms with Crippen LogP contribution in [0.4, 0.5) is 0 Å². The zero-order valence-electron chi connectivity index (χ0n) is 14.6. The van der Waals surface area contributed by atoms with E-state index in [2.05, 4.69) is 29.2 Å². The van der Waals surface area contributed by atoms with Gasteiger partial charge in [0.1, 0.15) is 5.69 Å². The van der Waals surface area contributed by atoms with Crippen molar-refractivity contribution in [1.29, 1.82) is 0 Å². The van der Waals surface area contributed by atoms with Crippen molar-refractivity contribution in [2.45, 2.75) is 53.6 Å². The van der Waals surface area contributed by atoms with E-state index in [0.29, 0.717) is 18.2 Å².